The van der Waals surface area contributed by atoms with E-state index in [9.17, 15) is 4.79 Å². The second-order valence-corrected chi connectivity index (χ2v) is 8.79. The average molecular weight is 390 g/mol. The maximum Gasteiger partial charge on any atom is 0.318 e. The van der Waals surface area contributed by atoms with Crippen molar-refractivity contribution in [2.45, 2.75) is 72.7 Å². The van der Waals surface area contributed by atoms with E-state index in [4.69, 9.17) is 4.74 Å². The largest absolute Gasteiger partial charge is 0.486 e. The first-order valence-corrected chi connectivity index (χ1v) is 10.3. The summed E-state index contributed by atoms with van der Waals surface area (Å²) >= 11 is 1.57. The fourth-order valence-corrected chi connectivity index (χ4v) is 3.26. The summed E-state index contributed by atoms with van der Waals surface area (Å²) in [7, 11) is 0. The molecular formula is C21H31N3O2S. The minimum atomic E-state index is -0.266. The van der Waals surface area contributed by atoms with E-state index in [1.165, 1.54) is 0 Å². The summed E-state index contributed by atoms with van der Waals surface area (Å²) in [6, 6.07) is 8.04. The molecule has 27 heavy (non-hydrogen) atoms. The Morgan fingerprint density at radius 2 is 2.04 bits per heavy atom. The highest BCUT2D eigenvalue weighted by atomic mass is 32.1. The fourth-order valence-electron chi connectivity index (χ4n) is 2.56. The monoisotopic (exact) mass is 389 g/mol. The normalized spacial score (nSPS) is 12.5. The average Bonchev–Trinajstić information content (AvgIpc) is 3.04. The summed E-state index contributed by atoms with van der Waals surface area (Å²) in [5.74, 6) is 0.875. The second-order valence-electron chi connectivity index (χ2n) is 7.85. The number of benzene rings is 1. The SMILES string of the molecule is CC[C@H](C)N(Cc1csc(COc2ccccc2C)n1)C(=O)NC(C)(C)C. The zero-order valence-electron chi connectivity index (χ0n) is 17.2. The molecule has 0 unspecified atom stereocenters. The second kappa shape index (κ2) is 9.22. The lowest BCUT2D eigenvalue weighted by Gasteiger charge is -2.32. The summed E-state index contributed by atoms with van der Waals surface area (Å²) in [6.45, 7) is 13.1. The molecule has 0 bridgehead atoms. The van der Waals surface area contributed by atoms with E-state index in [-0.39, 0.29) is 17.6 Å². The van der Waals surface area contributed by atoms with Gasteiger partial charge in [-0.3, -0.25) is 0 Å². The Balaban J connectivity index is 2.02. The van der Waals surface area contributed by atoms with Crippen molar-refractivity contribution in [2.24, 2.45) is 0 Å². The van der Waals surface area contributed by atoms with E-state index < -0.39 is 0 Å². The molecule has 6 heteroatoms. The number of aryl methyl sites for hydroxylation is 1. The standard InChI is InChI=1S/C21H31N3O2S/c1-7-16(3)24(20(25)23-21(4,5)6)12-17-14-27-19(22-17)13-26-18-11-9-8-10-15(18)2/h8-11,14,16H,7,12-13H2,1-6H3,(H,23,25)/t16-/m0/s1. The Hall–Kier alpha value is -2.08. The van der Waals surface area contributed by atoms with Crippen LogP contribution in [0.25, 0.3) is 0 Å². The Labute approximate surface area is 166 Å². The first-order valence-electron chi connectivity index (χ1n) is 9.40. The maximum atomic E-state index is 12.7. The van der Waals surface area contributed by atoms with Gasteiger partial charge in [0.1, 0.15) is 17.4 Å². The maximum absolute atomic E-state index is 12.7. The van der Waals surface area contributed by atoms with E-state index >= 15 is 0 Å². The number of nitrogens with one attached hydrogen (secondary N) is 1. The van der Waals surface area contributed by atoms with Crippen LogP contribution in [0.1, 0.15) is 57.3 Å². The molecule has 148 valence electrons. The Morgan fingerprint density at radius 1 is 1.33 bits per heavy atom. The summed E-state index contributed by atoms with van der Waals surface area (Å²) in [4.78, 5) is 19.2. The number of hydrogen-bond donors (Lipinski definition) is 1. The molecule has 0 aliphatic rings. The Bertz CT molecular complexity index is 752. The van der Waals surface area contributed by atoms with Gasteiger partial charge in [0.05, 0.1) is 12.2 Å². The van der Waals surface area contributed by atoms with Gasteiger partial charge in [-0.25, -0.2) is 9.78 Å². The number of aromatic nitrogens is 1. The molecule has 0 aliphatic carbocycles. The first-order chi connectivity index (χ1) is 12.7. The zero-order chi connectivity index (χ0) is 20.0. The molecular weight excluding hydrogens is 358 g/mol. The topological polar surface area (TPSA) is 54.5 Å². The van der Waals surface area contributed by atoms with Crippen molar-refractivity contribution >= 4 is 17.4 Å². The summed E-state index contributed by atoms with van der Waals surface area (Å²) < 4.78 is 5.88. The van der Waals surface area contributed by atoms with Gasteiger partial charge in [-0.1, -0.05) is 25.1 Å². The fraction of sp³-hybridized carbons (Fsp3) is 0.524. The molecule has 1 aromatic heterocycles. The van der Waals surface area contributed by atoms with Crippen molar-refractivity contribution in [3.63, 3.8) is 0 Å². The number of nitrogens with zero attached hydrogens (tertiary/aromatic N) is 2. The molecule has 1 heterocycles. The van der Waals surface area contributed by atoms with Crippen molar-refractivity contribution in [3.05, 3.63) is 45.9 Å². The van der Waals surface area contributed by atoms with Crippen LogP contribution in [0.2, 0.25) is 0 Å². The van der Waals surface area contributed by atoms with Gasteiger partial charge < -0.3 is 15.0 Å². The van der Waals surface area contributed by atoms with E-state index in [0.717, 1.165) is 28.4 Å². The van der Waals surface area contributed by atoms with Crippen molar-refractivity contribution in [3.8, 4) is 5.75 Å². The van der Waals surface area contributed by atoms with Gasteiger partial charge in [0.15, 0.2) is 0 Å². The van der Waals surface area contributed by atoms with Gasteiger partial charge in [0, 0.05) is 17.0 Å². The summed E-state index contributed by atoms with van der Waals surface area (Å²) in [5, 5.41) is 5.97. The number of para-hydroxylation sites is 1. The number of hydrogen-bond acceptors (Lipinski definition) is 4. The molecule has 2 amide bonds. The van der Waals surface area contributed by atoms with Crippen molar-refractivity contribution < 1.29 is 9.53 Å². The van der Waals surface area contributed by atoms with Crippen LogP contribution in [0.5, 0.6) is 5.75 Å². The molecule has 0 saturated carbocycles. The van der Waals surface area contributed by atoms with Gasteiger partial charge in [0.2, 0.25) is 0 Å². The molecule has 0 fully saturated rings. The summed E-state index contributed by atoms with van der Waals surface area (Å²) in [5.41, 5.74) is 1.74. The van der Waals surface area contributed by atoms with Crippen LogP contribution in [-0.4, -0.2) is 27.5 Å². The van der Waals surface area contributed by atoms with E-state index in [0.29, 0.717) is 13.2 Å². The number of rotatable bonds is 7. The van der Waals surface area contributed by atoms with Crippen LogP contribution in [0.4, 0.5) is 4.79 Å². The van der Waals surface area contributed by atoms with Crippen LogP contribution in [0, 0.1) is 6.92 Å². The highest BCUT2D eigenvalue weighted by molar-refractivity contribution is 7.09. The predicted octanol–water partition coefficient (Wildman–Crippen LogP) is 5.14. The lowest BCUT2D eigenvalue weighted by Crippen LogP contribution is -2.50. The van der Waals surface area contributed by atoms with E-state index in [2.05, 4.69) is 24.1 Å². The van der Waals surface area contributed by atoms with Crippen LogP contribution in [0.15, 0.2) is 29.6 Å². The van der Waals surface area contributed by atoms with Crippen molar-refractivity contribution in [1.29, 1.82) is 0 Å². The zero-order valence-corrected chi connectivity index (χ0v) is 18.0. The van der Waals surface area contributed by atoms with Crippen molar-refractivity contribution in [2.75, 3.05) is 0 Å². The van der Waals surface area contributed by atoms with Crippen LogP contribution >= 0.6 is 11.3 Å². The third-order valence-electron chi connectivity index (χ3n) is 4.24. The van der Waals surface area contributed by atoms with Gasteiger partial charge in [-0.2, -0.15) is 0 Å². The van der Waals surface area contributed by atoms with Gasteiger partial charge in [0.25, 0.3) is 0 Å². The molecule has 0 aliphatic heterocycles. The number of carbonyl (C=O) groups is 1. The number of amides is 2. The lowest BCUT2D eigenvalue weighted by atomic mass is 10.1. The van der Waals surface area contributed by atoms with Gasteiger partial charge >= 0.3 is 6.03 Å². The highest BCUT2D eigenvalue weighted by Gasteiger charge is 2.24. The third-order valence-corrected chi connectivity index (χ3v) is 5.11. The minimum absolute atomic E-state index is 0.0532. The summed E-state index contributed by atoms with van der Waals surface area (Å²) in [6.07, 6.45) is 0.894. The van der Waals surface area contributed by atoms with E-state index in [1.54, 1.807) is 11.3 Å². The number of urea groups is 1. The molecule has 1 N–H and O–H groups in total. The molecule has 1 aromatic carbocycles. The van der Waals surface area contributed by atoms with Gasteiger partial charge in [-0.15, -0.1) is 11.3 Å². The highest BCUT2D eigenvalue weighted by Crippen LogP contribution is 2.20. The van der Waals surface area contributed by atoms with Crippen LogP contribution < -0.4 is 10.1 Å². The number of thiazole rings is 1. The number of ether oxygens (including phenoxy) is 1. The molecule has 2 rings (SSSR count). The molecule has 0 saturated heterocycles. The van der Waals surface area contributed by atoms with E-state index in [1.807, 2.05) is 62.2 Å². The van der Waals surface area contributed by atoms with Crippen LogP contribution in [-0.2, 0) is 13.2 Å². The van der Waals surface area contributed by atoms with Gasteiger partial charge in [-0.05, 0) is 52.7 Å². The quantitative estimate of drug-likeness (QED) is 0.713. The third kappa shape index (κ3) is 6.54. The molecule has 2 aromatic rings. The number of carbonyl (C=O) groups excluding carboxylic acids is 1. The Morgan fingerprint density at radius 3 is 2.67 bits per heavy atom. The molecule has 0 spiro atoms. The molecule has 5 nitrogen and oxygen atoms in total. The molecule has 1 atom stereocenters. The predicted molar refractivity (Wildman–Crippen MR) is 111 cm³/mol. The smallest absolute Gasteiger partial charge is 0.318 e. The lowest BCUT2D eigenvalue weighted by molar-refractivity contribution is 0.164. The minimum Gasteiger partial charge on any atom is -0.486 e. The van der Waals surface area contributed by atoms with Crippen molar-refractivity contribution in [1.82, 2.24) is 15.2 Å². The molecule has 0 radical (unpaired) electrons. The Kier molecular flexibility index (Phi) is 7.25. The first kappa shape index (κ1) is 21.2. The van der Waals surface area contributed by atoms with Crippen LogP contribution in [0.3, 0.4) is 0 Å².